The minimum absolute atomic E-state index is 0.0512. The largest absolute Gasteiger partial charge is 0.493 e. The first-order valence-electron chi connectivity index (χ1n) is 5.73. The fraction of sp³-hybridized carbons (Fsp3) is 0.545. The Morgan fingerprint density at radius 2 is 2.06 bits per heavy atom. The average molecular weight is 252 g/mol. The van der Waals surface area contributed by atoms with Gasteiger partial charge in [0.15, 0.2) is 11.6 Å². The third-order valence-electron chi connectivity index (χ3n) is 3.05. The normalized spacial score (nSPS) is 16.7. The fourth-order valence-electron chi connectivity index (χ4n) is 1.93. The topological polar surface area (TPSA) is 71.7 Å². The summed E-state index contributed by atoms with van der Waals surface area (Å²) in [7, 11) is 3.57. The molecule has 18 heavy (non-hydrogen) atoms. The molecule has 98 valence electrons. The summed E-state index contributed by atoms with van der Waals surface area (Å²) in [6.07, 6.45) is 1.27. The SMILES string of the molecule is COc1cc([N+](=O)[O-])cnc1N1CCN(C)CC1. The van der Waals surface area contributed by atoms with E-state index in [0.717, 1.165) is 26.2 Å². The van der Waals surface area contributed by atoms with Gasteiger partial charge in [-0.05, 0) is 7.05 Å². The van der Waals surface area contributed by atoms with Gasteiger partial charge in [-0.1, -0.05) is 0 Å². The monoisotopic (exact) mass is 252 g/mol. The molecule has 1 fully saturated rings. The van der Waals surface area contributed by atoms with Gasteiger partial charge in [-0.15, -0.1) is 0 Å². The molecule has 0 aromatic carbocycles. The van der Waals surface area contributed by atoms with E-state index in [1.807, 2.05) is 0 Å². The minimum Gasteiger partial charge on any atom is -0.493 e. The van der Waals surface area contributed by atoms with E-state index in [0.29, 0.717) is 11.6 Å². The maximum absolute atomic E-state index is 10.7. The van der Waals surface area contributed by atoms with Crippen molar-refractivity contribution in [1.29, 1.82) is 0 Å². The van der Waals surface area contributed by atoms with Crippen molar-refractivity contribution < 1.29 is 9.66 Å². The van der Waals surface area contributed by atoms with Crippen LogP contribution in [0.5, 0.6) is 5.75 Å². The predicted molar refractivity (Wildman–Crippen MR) is 67.2 cm³/mol. The van der Waals surface area contributed by atoms with E-state index in [1.165, 1.54) is 19.4 Å². The molecule has 0 spiro atoms. The van der Waals surface area contributed by atoms with Crippen LogP contribution in [0, 0.1) is 10.1 Å². The third kappa shape index (κ3) is 2.51. The van der Waals surface area contributed by atoms with Crippen molar-refractivity contribution >= 4 is 11.5 Å². The number of hydrogen-bond acceptors (Lipinski definition) is 6. The molecular weight excluding hydrogens is 236 g/mol. The lowest BCUT2D eigenvalue weighted by molar-refractivity contribution is -0.385. The molecule has 1 aromatic heterocycles. The van der Waals surface area contributed by atoms with Crippen molar-refractivity contribution in [3.63, 3.8) is 0 Å². The number of anilines is 1. The Morgan fingerprint density at radius 1 is 1.39 bits per heavy atom. The minimum atomic E-state index is -0.469. The molecule has 1 aliphatic rings. The molecule has 0 unspecified atom stereocenters. The molecule has 0 atom stereocenters. The Hall–Kier alpha value is -1.89. The zero-order valence-corrected chi connectivity index (χ0v) is 10.5. The summed E-state index contributed by atoms with van der Waals surface area (Å²) >= 11 is 0. The number of aromatic nitrogens is 1. The highest BCUT2D eigenvalue weighted by Gasteiger charge is 2.21. The van der Waals surface area contributed by atoms with Gasteiger partial charge in [-0.2, -0.15) is 0 Å². The molecule has 2 rings (SSSR count). The zero-order chi connectivity index (χ0) is 13.1. The molecule has 1 saturated heterocycles. The first kappa shape index (κ1) is 12.6. The number of nitro groups is 1. The number of rotatable bonds is 3. The standard InChI is InChI=1S/C11H16N4O3/c1-13-3-5-14(6-4-13)11-10(18-2)7-9(8-12-11)15(16)17/h7-8H,3-6H2,1-2H3. The van der Waals surface area contributed by atoms with Gasteiger partial charge in [0.25, 0.3) is 5.69 Å². The van der Waals surface area contributed by atoms with Crippen LogP contribution in [-0.2, 0) is 0 Å². The first-order valence-corrected chi connectivity index (χ1v) is 5.73. The molecule has 7 nitrogen and oxygen atoms in total. The van der Waals surface area contributed by atoms with Gasteiger partial charge in [0, 0.05) is 26.2 Å². The summed E-state index contributed by atoms with van der Waals surface area (Å²) < 4.78 is 5.19. The number of methoxy groups -OCH3 is 1. The van der Waals surface area contributed by atoms with Crippen molar-refractivity contribution in [2.24, 2.45) is 0 Å². The van der Waals surface area contributed by atoms with Crippen molar-refractivity contribution in [3.8, 4) is 5.75 Å². The Balaban J connectivity index is 2.24. The predicted octanol–water partition coefficient (Wildman–Crippen LogP) is 0.750. The number of ether oxygens (including phenoxy) is 1. The van der Waals surface area contributed by atoms with E-state index < -0.39 is 4.92 Å². The summed E-state index contributed by atoms with van der Waals surface area (Å²) in [6, 6.07) is 1.42. The van der Waals surface area contributed by atoms with Gasteiger partial charge < -0.3 is 14.5 Å². The highest BCUT2D eigenvalue weighted by molar-refractivity contribution is 5.56. The molecule has 7 heteroatoms. The highest BCUT2D eigenvalue weighted by atomic mass is 16.6. The molecule has 1 aromatic rings. The molecule has 0 N–H and O–H groups in total. The summed E-state index contributed by atoms with van der Waals surface area (Å²) in [4.78, 5) is 18.7. The maximum Gasteiger partial charge on any atom is 0.291 e. The highest BCUT2D eigenvalue weighted by Crippen LogP contribution is 2.29. The molecule has 0 bridgehead atoms. The van der Waals surface area contributed by atoms with Gasteiger partial charge in [-0.3, -0.25) is 10.1 Å². The van der Waals surface area contributed by atoms with Crippen LogP contribution in [0.15, 0.2) is 12.3 Å². The van der Waals surface area contributed by atoms with E-state index in [2.05, 4.69) is 21.8 Å². The first-order chi connectivity index (χ1) is 8.61. The molecule has 0 saturated carbocycles. The van der Waals surface area contributed by atoms with Gasteiger partial charge in [-0.25, -0.2) is 4.98 Å². The second kappa shape index (κ2) is 5.18. The van der Waals surface area contributed by atoms with Crippen LogP contribution < -0.4 is 9.64 Å². The van der Waals surface area contributed by atoms with Crippen molar-refractivity contribution in [1.82, 2.24) is 9.88 Å². The lowest BCUT2D eigenvalue weighted by Gasteiger charge is -2.33. The van der Waals surface area contributed by atoms with Gasteiger partial charge >= 0.3 is 0 Å². The van der Waals surface area contributed by atoms with Gasteiger partial charge in [0.05, 0.1) is 18.1 Å². The van der Waals surface area contributed by atoms with Crippen molar-refractivity contribution in [2.45, 2.75) is 0 Å². The summed E-state index contributed by atoms with van der Waals surface area (Å²) in [6.45, 7) is 3.58. The molecule has 1 aliphatic heterocycles. The second-order valence-electron chi connectivity index (χ2n) is 4.27. The second-order valence-corrected chi connectivity index (χ2v) is 4.27. The number of piperazine rings is 1. The Kier molecular flexibility index (Phi) is 3.61. The summed E-state index contributed by atoms with van der Waals surface area (Å²) in [5.41, 5.74) is -0.0512. The molecular formula is C11H16N4O3. The lowest BCUT2D eigenvalue weighted by atomic mass is 10.3. The van der Waals surface area contributed by atoms with E-state index in [4.69, 9.17) is 4.74 Å². The number of likely N-dealkylation sites (N-methyl/N-ethyl adjacent to an activating group) is 1. The summed E-state index contributed by atoms with van der Waals surface area (Å²) in [5.74, 6) is 1.13. The van der Waals surface area contributed by atoms with Crippen molar-refractivity contribution in [2.75, 3.05) is 45.2 Å². The lowest BCUT2D eigenvalue weighted by Crippen LogP contribution is -2.44. The van der Waals surface area contributed by atoms with E-state index in [9.17, 15) is 10.1 Å². The Labute approximate surface area is 105 Å². The molecule has 0 aliphatic carbocycles. The molecule has 2 heterocycles. The summed E-state index contributed by atoms with van der Waals surface area (Å²) in [5, 5.41) is 10.7. The van der Waals surface area contributed by atoms with E-state index in [-0.39, 0.29) is 5.69 Å². The molecule has 0 radical (unpaired) electrons. The Morgan fingerprint density at radius 3 is 2.61 bits per heavy atom. The van der Waals surface area contributed by atoms with Gasteiger partial charge in [0.1, 0.15) is 6.20 Å². The van der Waals surface area contributed by atoms with E-state index >= 15 is 0 Å². The smallest absolute Gasteiger partial charge is 0.291 e. The zero-order valence-electron chi connectivity index (χ0n) is 10.5. The number of nitrogens with zero attached hydrogens (tertiary/aromatic N) is 4. The van der Waals surface area contributed by atoms with Crippen LogP contribution >= 0.6 is 0 Å². The van der Waals surface area contributed by atoms with E-state index in [1.54, 1.807) is 0 Å². The van der Waals surface area contributed by atoms with Crippen LogP contribution in [0.25, 0.3) is 0 Å². The van der Waals surface area contributed by atoms with Crippen molar-refractivity contribution in [3.05, 3.63) is 22.4 Å². The van der Waals surface area contributed by atoms with Gasteiger partial charge in [0.2, 0.25) is 0 Å². The van der Waals surface area contributed by atoms with Crippen LogP contribution in [0.2, 0.25) is 0 Å². The average Bonchev–Trinajstić information content (AvgIpc) is 2.39. The molecule has 0 amide bonds. The van der Waals surface area contributed by atoms with Crippen LogP contribution in [0.4, 0.5) is 11.5 Å². The fourth-order valence-corrected chi connectivity index (χ4v) is 1.93. The van der Waals surface area contributed by atoms with Crippen LogP contribution in [0.3, 0.4) is 0 Å². The maximum atomic E-state index is 10.7. The number of hydrogen-bond donors (Lipinski definition) is 0. The van der Waals surface area contributed by atoms with Crippen LogP contribution in [0.1, 0.15) is 0 Å². The quantitative estimate of drug-likeness (QED) is 0.584. The third-order valence-corrected chi connectivity index (χ3v) is 3.05. The Bertz CT molecular complexity index is 444. The van der Waals surface area contributed by atoms with Crippen LogP contribution in [-0.4, -0.2) is 55.1 Å². The number of pyridine rings is 1.